The monoisotopic (exact) mass is 440 g/mol. The molecule has 0 unspecified atom stereocenters. The minimum absolute atomic E-state index is 0.299. The summed E-state index contributed by atoms with van der Waals surface area (Å²) in [4.78, 5) is 25.9. The molecule has 4 rings (SSSR count). The largest absolute Gasteiger partial charge is 0.447 e. The van der Waals surface area contributed by atoms with Crippen LogP contribution in [0, 0.1) is 12.7 Å². The lowest BCUT2D eigenvalue weighted by Crippen LogP contribution is -2.25. The zero-order valence-corrected chi connectivity index (χ0v) is 17.3. The van der Waals surface area contributed by atoms with Crippen molar-refractivity contribution in [3.05, 3.63) is 76.8 Å². The van der Waals surface area contributed by atoms with E-state index in [0.29, 0.717) is 46.6 Å². The zero-order chi connectivity index (χ0) is 22.0. The molecule has 0 spiro atoms. The van der Waals surface area contributed by atoms with Crippen LogP contribution in [0.5, 0.6) is 0 Å². The number of halogens is 2. The van der Waals surface area contributed by atoms with Gasteiger partial charge in [0.05, 0.1) is 29.3 Å². The Morgan fingerprint density at radius 2 is 1.97 bits per heavy atom. The molecule has 1 fully saturated rings. The van der Waals surface area contributed by atoms with Gasteiger partial charge < -0.3 is 10.1 Å². The molecule has 2 amide bonds. The highest BCUT2D eigenvalue weighted by Gasteiger charge is 2.25. The van der Waals surface area contributed by atoms with Crippen LogP contribution < -0.4 is 10.2 Å². The lowest BCUT2D eigenvalue weighted by atomic mass is 10.2. The maximum atomic E-state index is 13.2. The Kier molecular flexibility index (Phi) is 5.73. The van der Waals surface area contributed by atoms with Gasteiger partial charge in [0.2, 0.25) is 5.91 Å². The number of aromatic nitrogens is 2. The number of rotatable bonds is 5. The lowest BCUT2D eigenvalue weighted by Gasteiger charge is -2.17. The summed E-state index contributed by atoms with van der Waals surface area (Å²) in [5.41, 5.74) is 2.83. The quantitative estimate of drug-likeness (QED) is 0.589. The zero-order valence-electron chi connectivity index (χ0n) is 16.5. The minimum atomic E-state index is -0.451. The number of nitrogens with zero attached hydrogens (tertiary/aromatic N) is 3. The Balaban J connectivity index is 1.53. The van der Waals surface area contributed by atoms with Gasteiger partial charge in [-0.25, -0.2) is 13.9 Å². The van der Waals surface area contributed by atoms with Crippen molar-refractivity contribution in [3.63, 3.8) is 0 Å². The number of hydrogen-bond acceptors (Lipinski definition) is 4. The van der Waals surface area contributed by atoms with E-state index in [1.165, 1.54) is 27.8 Å². The molecule has 0 bridgehead atoms. The molecule has 1 saturated heterocycles. The molecule has 1 aliphatic heterocycles. The highest BCUT2D eigenvalue weighted by molar-refractivity contribution is 6.31. The summed E-state index contributed by atoms with van der Waals surface area (Å²) in [7, 11) is 0. The molecule has 31 heavy (non-hydrogen) atoms. The second-order valence-electron chi connectivity index (χ2n) is 6.78. The van der Waals surface area contributed by atoms with Gasteiger partial charge >= 0.3 is 6.09 Å². The molecule has 0 aliphatic carbocycles. The molecule has 9 heteroatoms. The van der Waals surface area contributed by atoms with Crippen LogP contribution in [-0.2, 0) is 9.53 Å². The van der Waals surface area contributed by atoms with Gasteiger partial charge in [-0.1, -0.05) is 23.7 Å². The molecule has 158 valence electrons. The van der Waals surface area contributed by atoms with Crippen molar-refractivity contribution in [2.45, 2.75) is 6.92 Å². The van der Waals surface area contributed by atoms with Crippen molar-refractivity contribution < 1.29 is 18.7 Å². The maximum Gasteiger partial charge on any atom is 0.414 e. The molecule has 2 heterocycles. The van der Waals surface area contributed by atoms with Gasteiger partial charge in [0, 0.05) is 11.6 Å². The van der Waals surface area contributed by atoms with Crippen LogP contribution in [0.2, 0.25) is 5.15 Å². The topological polar surface area (TPSA) is 76.5 Å². The molecule has 2 aromatic carbocycles. The first-order valence-corrected chi connectivity index (χ1v) is 9.85. The van der Waals surface area contributed by atoms with Gasteiger partial charge in [-0.2, -0.15) is 5.10 Å². The lowest BCUT2D eigenvalue weighted by molar-refractivity contribution is -0.111. The summed E-state index contributed by atoms with van der Waals surface area (Å²) in [5, 5.41) is 7.44. The first kappa shape index (κ1) is 20.6. The number of nitrogens with one attached hydrogen (secondary N) is 1. The standard InChI is InChI=1S/C22H18ClFN4O3/c1-14-17(21(23)28(26-14)16-8-6-15(24)7-9-16)10-11-20(29)25-18-4-2-3-5-19(18)27-12-13-31-22(27)30/h2-11H,12-13H2,1H3,(H,25,29)/b11-10+. The molecule has 0 radical (unpaired) electrons. The predicted octanol–water partition coefficient (Wildman–Crippen LogP) is 4.58. The molecule has 3 aromatic rings. The molecule has 1 N–H and O–H groups in total. The SMILES string of the molecule is Cc1nn(-c2ccc(F)cc2)c(Cl)c1/C=C/C(=O)Nc1ccccc1N1CCOC1=O. The number of cyclic esters (lactones) is 1. The summed E-state index contributed by atoms with van der Waals surface area (Å²) >= 11 is 6.44. The summed E-state index contributed by atoms with van der Waals surface area (Å²) < 4.78 is 19.6. The van der Waals surface area contributed by atoms with Crippen LogP contribution >= 0.6 is 11.6 Å². The van der Waals surface area contributed by atoms with E-state index in [0.717, 1.165) is 0 Å². The van der Waals surface area contributed by atoms with Crippen LogP contribution in [0.25, 0.3) is 11.8 Å². The van der Waals surface area contributed by atoms with Crippen LogP contribution in [0.3, 0.4) is 0 Å². The number of ether oxygens (including phenoxy) is 1. The maximum absolute atomic E-state index is 13.2. The van der Waals surface area contributed by atoms with E-state index in [1.807, 2.05) is 0 Å². The number of aryl methyl sites for hydroxylation is 1. The normalized spacial score (nSPS) is 13.6. The van der Waals surface area contributed by atoms with Crippen LogP contribution in [0.4, 0.5) is 20.6 Å². The van der Waals surface area contributed by atoms with Gasteiger partial charge in [0.25, 0.3) is 0 Å². The highest BCUT2D eigenvalue weighted by Crippen LogP contribution is 2.28. The number of para-hydroxylation sites is 2. The van der Waals surface area contributed by atoms with Gasteiger partial charge in [-0.05, 0) is 49.4 Å². The number of carbonyl (C=O) groups excluding carboxylic acids is 2. The Labute approximate surface area is 182 Å². The van der Waals surface area contributed by atoms with Crippen molar-refractivity contribution in [2.24, 2.45) is 0 Å². The van der Waals surface area contributed by atoms with Crippen molar-refractivity contribution in [3.8, 4) is 5.69 Å². The smallest absolute Gasteiger partial charge is 0.414 e. The van der Waals surface area contributed by atoms with Gasteiger partial charge in [0.15, 0.2) is 0 Å². The average Bonchev–Trinajstić information content (AvgIpc) is 3.30. The fraction of sp³-hybridized carbons (Fsp3) is 0.136. The Morgan fingerprint density at radius 3 is 2.68 bits per heavy atom. The van der Waals surface area contributed by atoms with E-state index in [-0.39, 0.29) is 5.82 Å². The first-order chi connectivity index (χ1) is 14.9. The van der Waals surface area contributed by atoms with E-state index < -0.39 is 12.0 Å². The van der Waals surface area contributed by atoms with Gasteiger partial charge in [0.1, 0.15) is 17.6 Å². The molecule has 1 aliphatic rings. The molecule has 1 aromatic heterocycles. The number of carbonyl (C=O) groups is 2. The number of anilines is 2. The van der Waals surface area contributed by atoms with E-state index in [1.54, 1.807) is 49.4 Å². The molecular weight excluding hydrogens is 423 g/mol. The molecular formula is C22H18ClFN4O3. The molecule has 0 atom stereocenters. The second-order valence-corrected chi connectivity index (χ2v) is 7.14. The van der Waals surface area contributed by atoms with Crippen molar-refractivity contribution in [1.29, 1.82) is 0 Å². The number of benzene rings is 2. The second kappa shape index (κ2) is 8.61. The fourth-order valence-electron chi connectivity index (χ4n) is 3.21. The summed E-state index contributed by atoms with van der Waals surface area (Å²) in [6.45, 7) is 2.48. The Bertz CT molecular complexity index is 1170. The number of hydrogen-bond donors (Lipinski definition) is 1. The minimum Gasteiger partial charge on any atom is -0.447 e. The van der Waals surface area contributed by atoms with E-state index in [2.05, 4.69) is 10.4 Å². The molecule has 0 saturated carbocycles. The van der Waals surface area contributed by atoms with E-state index in [4.69, 9.17) is 16.3 Å². The summed E-state index contributed by atoms with van der Waals surface area (Å²) in [6, 6.07) is 12.7. The molecule has 7 nitrogen and oxygen atoms in total. The third kappa shape index (κ3) is 4.29. The Hall–Kier alpha value is -3.65. The fourth-order valence-corrected chi connectivity index (χ4v) is 3.55. The van der Waals surface area contributed by atoms with Crippen LogP contribution in [0.15, 0.2) is 54.6 Å². The van der Waals surface area contributed by atoms with Crippen molar-refractivity contribution in [1.82, 2.24) is 9.78 Å². The first-order valence-electron chi connectivity index (χ1n) is 9.47. The van der Waals surface area contributed by atoms with E-state index >= 15 is 0 Å². The number of amides is 2. The van der Waals surface area contributed by atoms with Crippen molar-refractivity contribution >= 4 is 41.1 Å². The van der Waals surface area contributed by atoms with Crippen LogP contribution in [0.1, 0.15) is 11.3 Å². The summed E-state index contributed by atoms with van der Waals surface area (Å²) in [6.07, 6.45) is 2.45. The predicted molar refractivity (Wildman–Crippen MR) is 116 cm³/mol. The average molecular weight is 441 g/mol. The van der Waals surface area contributed by atoms with Crippen molar-refractivity contribution in [2.75, 3.05) is 23.4 Å². The third-order valence-electron chi connectivity index (χ3n) is 4.73. The van der Waals surface area contributed by atoms with E-state index in [9.17, 15) is 14.0 Å². The third-order valence-corrected chi connectivity index (χ3v) is 5.10. The van der Waals surface area contributed by atoms with Gasteiger partial charge in [-0.3, -0.25) is 9.69 Å². The highest BCUT2D eigenvalue weighted by atomic mass is 35.5. The van der Waals surface area contributed by atoms with Crippen LogP contribution in [-0.4, -0.2) is 34.9 Å². The van der Waals surface area contributed by atoms with Gasteiger partial charge in [-0.15, -0.1) is 0 Å². The Morgan fingerprint density at radius 1 is 1.23 bits per heavy atom. The summed E-state index contributed by atoms with van der Waals surface area (Å²) in [5.74, 6) is -0.756.